The van der Waals surface area contributed by atoms with Crippen LogP contribution in [0.15, 0.2) is 29.2 Å². The fourth-order valence-electron chi connectivity index (χ4n) is 1.07. The van der Waals surface area contributed by atoms with Crippen LogP contribution >= 0.6 is 0 Å². The van der Waals surface area contributed by atoms with Crippen LogP contribution in [-0.2, 0) is 14.9 Å². The number of rotatable bonds is 3. The van der Waals surface area contributed by atoms with Gasteiger partial charge in [0, 0.05) is 0 Å². The van der Waals surface area contributed by atoms with E-state index in [2.05, 4.69) is 0 Å². The van der Waals surface area contributed by atoms with E-state index in [9.17, 15) is 13.2 Å². The lowest BCUT2D eigenvalue weighted by molar-refractivity contribution is -0.138. The molecule has 0 aliphatic carbocycles. The summed E-state index contributed by atoms with van der Waals surface area (Å²) in [7, 11) is -4.21. The van der Waals surface area contributed by atoms with E-state index in [-0.39, 0.29) is 4.90 Å². The lowest BCUT2D eigenvalue weighted by atomic mass is 10.0. The lowest BCUT2D eigenvalue weighted by Gasteiger charge is -2.06. The maximum Gasteiger partial charge on any atom is 0.310 e. The molecule has 1 aromatic rings. The van der Waals surface area contributed by atoms with E-state index >= 15 is 0 Å². The van der Waals surface area contributed by atoms with E-state index in [1.54, 1.807) is 0 Å². The first-order valence-corrected chi connectivity index (χ1v) is 5.56. The molecule has 0 spiro atoms. The Kier molecular flexibility index (Phi) is 3.11. The van der Waals surface area contributed by atoms with E-state index in [0.717, 1.165) is 0 Å². The Hall–Kier alpha value is -1.40. The third-order valence-corrected chi connectivity index (χ3v) is 2.92. The summed E-state index contributed by atoms with van der Waals surface area (Å²) in [4.78, 5) is 10.4. The maximum absolute atomic E-state index is 10.7. The second-order valence-corrected chi connectivity index (χ2v) is 4.53. The Balaban J connectivity index is 3.06. The first-order valence-electron chi connectivity index (χ1n) is 4.12. The van der Waals surface area contributed by atoms with Crippen molar-refractivity contribution in [1.29, 1.82) is 0 Å². The van der Waals surface area contributed by atoms with Gasteiger partial charge in [0.15, 0.2) is 0 Å². The van der Waals surface area contributed by atoms with E-state index in [0.29, 0.717) is 5.56 Å². The van der Waals surface area contributed by atoms with Crippen LogP contribution < -0.4 is 0 Å². The van der Waals surface area contributed by atoms with Crippen molar-refractivity contribution in [3.05, 3.63) is 29.8 Å². The molecule has 0 aliphatic heterocycles. The van der Waals surface area contributed by atoms with Crippen LogP contribution in [0.25, 0.3) is 0 Å². The lowest BCUT2D eigenvalue weighted by Crippen LogP contribution is -2.07. The second kappa shape index (κ2) is 4.00. The Morgan fingerprint density at radius 2 is 1.73 bits per heavy atom. The van der Waals surface area contributed by atoms with E-state index in [1.165, 1.54) is 31.2 Å². The van der Waals surface area contributed by atoms with Crippen LogP contribution in [0.5, 0.6) is 0 Å². The predicted molar refractivity (Wildman–Crippen MR) is 52.3 cm³/mol. The summed E-state index contributed by atoms with van der Waals surface area (Å²) in [6.07, 6.45) is 0. The van der Waals surface area contributed by atoms with Crippen LogP contribution in [0.2, 0.25) is 0 Å². The van der Waals surface area contributed by atoms with Crippen LogP contribution in [-0.4, -0.2) is 24.0 Å². The average molecular weight is 230 g/mol. The molecule has 0 heterocycles. The molecule has 0 aromatic heterocycles. The van der Waals surface area contributed by atoms with Crippen molar-refractivity contribution in [1.82, 2.24) is 0 Å². The molecule has 1 unspecified atom stereocenters. The van der Waals surface area contributed by atoms with E-state index in [1.807, 2.05) is 0 Å². The fourth-order valence-corrected chi connectivity index (χ4v) is 1.55. The molecular formula is C9H10O5S. The van der Waals surface area contributed by atoms with Gasteiger partial charge in [-0.1, -0.05) is 12.1 Å². The van der Waals surface area contributed by atoms with Crippen LogP contribution in [0.4, 0.5) is 0 Å². The van der Waals surface area contributed by atoms with Crippen molar-refractivity contribution in [3.8, 4) is 0 Å². The van der Waals surface area contributed by atoms with Crippen molar-refractivity contribution in [2.24, 2.45) is 0 Å². The maximum atomic E-state index is 10.7. The normalized spacial score (nSPS) is 13.5. The Morgan fingerprint density at radius 1 is 1.27 bits per heavy atom. The molecule has 0 saturated carbocycles. The minimum atomic E-state index is -4.21. The fraction of sp³-hybridized carbons (Fsp3) is 0.222. The molecule has 0 saturated heterocycles. The zero-order chi connectivity index (χ0) is 11.6. The van der Waals surface area contributed by atoms with E-state index < -0.39 is 22.0 Å². The van der Waals surface area contributed by atoms with Crippen molar-refractivity contribution < 1.29 is 22.9 Å². The van der Waals surface area contributed by atoms with Gasteiger partial charge in [0.05, 0.1) is 10.8 Å². The highest BCUT2D eigenvalue weighted by molar-refractivity contribution is 7.85. The molecule has 82 valence electrons. The molecule has 1 atom stereocenters. The van der Waals surface area contributed by atoms with Gasteiger partial charge in [0.1, 0.15) is 0 Å². The summed E-state index contributed by atoms with van der Waals surface area (Å²) in [5.74, 6) is -1.70. The highest BCUT2D eigenvalue weighted by atomic mass is 32.2. The van der Waals surface area contributed by atoms with Crippen LogP contribution in [0.3, 0.4) is 0 Å². The van der Waals surface area contributed by atoms with Gasteiger partial charge in [0.2, 0.25) is 0 Å². The van der Waals surface area contributed by atoms with Gasteiger partial charge in [-0.25, -0.2) is 0 Å². The summed E-state index contributed by atoms with van der Waals surface area (Å²) in [5.41, 5.74) is 0.481. The number of carboxylic acid groups (broad SMARTS) is 1. The largest absolute Gasteiger partial charge is 0.481 e. The molecule has 1 rings (SSSR count). The van der Waals surface area contributed by atoms with Gasteiger partial charge in [0.25, 0.3) is 10.1 Å². The van der Waals surface area contributed by atoms with Crippen molar-refractivity contribution in [2.45, 2.75) is 17.7 Å². The van der Waals surface area contributed by atoms with E-state index in [4.69, 9.17) is 9.66 Å². The summed E-state index contributed by atoms with van der Waals surface area (Å²) in [6.45, 7) is 1.49. The summed E-state index contributed by atoms with van der Waals surface area (Å²) >= 11 is 0. The first kappa shape index (κ1) is 11.7. The third-order valence-electron chi connectivity index (χ3n) is 2.05. The average Bonchev–Trinajstić information content (AvgIpc) is 2.15. The van der Waals surface area contributed by atoms with Gasteiger partial charge in [-0.05, 0) is 24.6 Å². The minimum Gasteiger partial charge on any atom is -0.481 e. The summed E-state index contributed by atoms with van der Waals surface area (Å²) < 4.78 is 30.1. The SMILES string of the molecule is CC(C(=O)O)c1ccc(S(=O)(=O)O)cc1. The predicted octanol–water partition coefficient (Wildman–Crippen LogP) is 1.12. The van der Waals surface area contributed by atoms with Crippen LogP contribution in [0, 0.1) is 0 Å². The number of aliphatic carboxylic acids is 1. The van der Waals surface area contributed by atoms with Crippen LogP contribution in [0.1, 0.15) is 18.4 Å². The topological polar surface area (TPSA) is 91.7 Å². The molecule has 2 N–H and O–H groups in total. The molecule has 0 radical (unpaired) electrons. The number of benzene rings is 1. The number of hydrogen-bond donors (Lipinski definition) is 2. The highest BCUT2D eigenvalue weighted by Crippen LogP contribution is 2.17. The van der Waals surface area contributed by atoms with Crippen molar-refractivity contribution >= 4 is 16.1 Å². The molecular weight excluding hydrogens is 220 g/mol. The smallest absolute Gasteiger partial charge is 0.310 e. The van der Waals surface area contributed by atoms with Gasteiger partial charge in [-0.3, -0.25) is 9.35 Å². The molecule has 6 heteroatoms. The Morgan fingerprint density at radius 3 is 2.07 bits per heavy atom. The quantitative estimate of drug-likeness (QED) is 0.759. The molecule has 0 fully saturated rings. The summed E-state index contributed by atoms with van der Waals surface area (Å²) in [6, 6.07) is 5.07. The van der Waals surface area contributed by atoms with Crippen molar-refractivity contribution in [3.63, 3.8) is 0 Å². The van der Waals surface area contributed by atoms with Crippen molar-refractivity contribution in [2.75, 3.05) is 0 Å². The molecule has 0 aliphatic rings. The van der Waals surface area contributed by atoms with Gasteiger partial charge >= 0.3 is 5.97 Å². The third kappa shape index (κ3) is 2.77. The van der Waals surface area contributed by atoms with Gasteiger partial charge < -0.3 is 5.11 Å². The Labute approximate surface area is 87.1 Å². The molecule has 0 bridgehead atoms. The summed E-state index contributed by atoms with van der Waals surface area (Å²) in [5, 5.41) is 8.70. The molecule has 15 heavy (non-hydrogen) atoms. The molecule has 1 aromatic carbocycles. The number of carbonyl (C=O) groups is 1. The second-order valence-electron chi connectivity index (χ2n) is 3.10. The monoisotopic (exact) mass is 230 g/mol. The first-order chi connectivity index (χ1) is 6.82. The molecule has 0 amide bonds. The zero-order valence-electron chi connectivity index (χ0n) is 7.91. The highest BCUT2D eigenvalue weighted by Gasteiger charge is 2.15. The number of carboxylic acids is 1. The standard InChI is InChI=1S/C9H10O5S/c1-6(9(10)11)7-2-4-8(5-3-7)15(12,13)14/h2-6H,1H3,(H,10,11)(H,12,13,14). The number of hydrogen-bond acceptors (Lipinski definition) is 3. The van der Waals surface area contributed by atoms with Gasteiger partial charge in [-0.15, -0.1) is 0 Å². The zero-order valence-corrected chi connectivity index (χ0v) is 8.73. The van der Waals surface area contributed by atoms with Gasteiger partial charge in [-0.2, -0.15) is 8.42 Å². The Bertz CT molecular complexity index is 460. The molecule has 5 nitrogen and oxygen atoms in total. The minimum absolute atomic E-state index is 0.246.